The molecule has 0 aliphatic heterocycles. The topological polar surface area (TPSA) is 54.4 Å². The lowest BCUT2D eigenvalue weighted by Gasteiger charge is -2.21. The summed E-state index contributed by atoms with van der Waals surface area (Å²) in [6.07, 6.45) is 1.54. The van der Waals surface area contributed by atoms with E-state index in [2.05, 4.69) is 6.58 Å². The Bertz CT molecular complexity index is 647. The van der Waals surface area contributed by atoms with Crippen molar-refractivity contribution in [3.8, 4) is 0 Å². The highest BCUT2D eigenvalue weighted by molar-refractivity contribution is 5.97. The summed E-state index contributed by atoms with van der Waals surface area (Å²) in [4.78, 5) is 23.9. The molecule has 0 fully saturated rings. The van der Waals surface area contributed by atoms with Gasteiger partial charge in [0.2, 0.25) is 0 Å². The van der Waals surface area contributed by atoms with Gasteiger partial charge in [-0.1, -0.05) is 66.7 Å². The van der Waals surface area contributed by atoms with E-state index < -0.39 is 17.8 Å². The van der Waals surface area contributed by atoms with Gasteiger partial charge in [-0.05, 0) is 5.56 Å². The number of carboxylic acid groups (broad SMARTS) is 1. The van der Waals surface area contributed by atoms with Crippen LogP contribution in [0.4, 0.5) is 0 Å². The van der Waals surface area contributed by atoms with Crippen LogP contribution < -0.4 is 0 Å². The molecule has 0 heterocycles. The van der Waals surface area contributed by atoms with Crippen molar-refractivity contribution in [2.24, 2.45) is 5.92 Å². The lowest BCUT2D eigenvalue weighted by Crippen LogP contribution is -2.22. The van der Waals surface area contributed by atoms with Crippen molar-refractivity contribution < 1.29 is 14.7 Å². The molecular formula is C19H18O3. The van der Waals surface area contributed by atoms with E-state index in [1.165, 1.54) is 6.08 Å². The third-order valence-electron chi connectivity index (χ3n) is 3.70. The molecular weight excluding hydrogens is 276 g/mol. The number of carbonyl (C=O) groups excluding carboxylic acids is 1. The van der Waals surface area contributed by atoms with E-state index in [-0.39, 0.29) is 12.2 Å². The number of carboxylic acids is 1. The zero-order valence-electron chi connectivity index (χ0n) is 12.2. The fourth-order valence-electron chi connectivity index (χ4n) is 2.53. The fraction of sp³-hybridized carbons (Fsp3) is 0.158. The molecule has 0 saturated heterocycles. The first kappa shape index (κ1) is 15.7. The molecule has 0 saturated carbocycles. The van der Waals surface area contributed by atoms with Crippen LogP contribution in [0.1, 0.15) is 28.3 Å². The molecule has 2 atom stereocenters. The number of carbonyl (C=O) groups is 2. The van der Waals surface area contributed by atoms with Crippen LogP contribution in [0.25, 0.3) is 0 Å². The molecule has 1 N–H and O–H groups in total. The second kappa shape index (κ2) is 7.36. The van der Waals surface area contributed by atoms with Gasteiger partial charge in [-0.15, -0.1) is 6.58 Å². The van der Waals surface area contributed by atoms with Crippen LogP contribution >= 0.6 is 0 Å². The number of hydrogen-bond acceptors (Lipinski definition) is 2. The first-order valence-corrected chi connectivity index (χ1v) is 7.12. The predicted octanol–water partition coefficient (Wildman–Crippen LogP) is 3.93. The van der Waals surface area contributed by atoms with Gasteiger partial charge in [-0.3, -0.25) is 9.59 Å². The van der Waals surface area contributed by atoms with Crippen LogP contribution in [0, 0.1) is 5.92 Å². The van der Waals surface area contributed by atoms with Crippen LogP contribution in [-0.2, 0) is 4.79 Å². The molecule has 0 spiro atoms. The Labute approximate surface area is 129 Å². The summed E-state index contributed by atoms with van der Waals surface area (Å²) >= 11 is 0. The third kappa shape index (κ3) is 3.70. The highest BCUT2D eigenvalue weighted by atomic mass is 16.4. The van der Waals surface area contributed by atoms with Crippen molar-refractivity contribution in [2.75, 3.05) is 0 Å². The van der Waals surface area contributed by atoms with Gasteiger partial charge in [0.25, 0.3) is 0 Å². The Morgan fingerprint density at radius 1 is 1.00 bits per heavy atom. The third-order valence-corrected chi connectivity index (χ3v) is 3.70. The number of Topliss-reactive ketones (excluding diaryl/α,β-unsaturated/α-hetero) is 1. The molecule has 3 nitrogen and oxygen atoms in total. The van der Waals surface area contributed by atoms with Crippen LogP contribution in [-0.4, -0.2) is 16.9 Å². The van der Waals surface area contributed by atoms with E-state index in [9.17, 15) is 14.7 Å². The van der Waals surface area contributed by atoms with Gasteiger partial charge in [0.05, 0.1) is 5.92 Å². The normalized spacial score (nSPS) is 13.1. The average Bonchev–Trinajstić information content (AvgIpc) is 2.55. The number of hydrogen-bond donors (Lipinski definition) is 1. The summed E-state index contributed by atoms with van der Waals surface area (Å²) in [6, 6.07) is 18.2. The Morgan fingerprint density at radius 3 is 2.05 bits per heavy atom. The minimum absolute atomic E-state index is 0.0671. The highest BCUT2D eigenvalue weighted by Crippen LogP contribution is 2.30. The van der Waals surface area contributed by atoms with Gasteiger partial charge in [0.1, 0.15) is 0 Å². The molecule has 0 aromatic heterocycles. The predicted molar refractivity (Wildman–Crippen MR) is 85.9 cm³/mol. The maximum Gasteiger partial charge on any atom is 0.310 e. The molecule has 112 valence electrons. The van der Waals surface area contributed by atoms with Crippen molar-refractivity contribution in [3.63, 3.8) is 0 Å². The Morgan fingerprint density at radius 2 is 1.55 bits per heavy atom. The van der Waals surface area contributed by atoms with Crippen molar-refractivity contribution in [1.82, 2.24) is 0 Å². The van der Waals surface area contributed by atoms with E-state index in [1.807, 2.05) is 36.4 Å². The summed E-state index contributed by atoms with van der Waals surface area (Å²) in [6.45, 7) is 3.62. The van der Waals surface area contributed by atoms with E-state index in [0.717, 1.165) is 5.56 Å². The van der Waals surface area contributed by atoms with Gasteiger partial charge in [-0.25, -0.2) is 0 Å². The van der Waals surface area contributed by atoms with Crippen molar-refractivity contribution in [3.05, 3.63) is 84.4 Å². The van der Waals surface area contributed by atoms with Crippen molar-refractivity contribution >= 4 is 11.8 Å². The second-order valence-electron chi connectivity index (χ2n) is 5.11. The van der Waals surface area contributed by atoms with Crippen LogP contribution in [0.5, 0.6) is 0 Å². The summed E-state index contributed by atoms with van der Waals surface area (Å²) < 4.78 is 0. The lowest BCUT2D eigenvalue weighted by atomic mass is 9.81. The van der Waals surface area contributed by atoms with Gasteiger partial charge < -0.3 is 5.11 Å². The molecule has 0 aliphatic carbocycles. The monoisotopic (exact) mass is 294 g/mol. The Balaban J connectivity index is 2.31. The van der Waals surface area contributed by atoms with E-state index in [4.69, 9.17) is 0 Å². The lowest BCUT2D eigenvalue weighted by molar-refractivity contribution is -0.140. The molecule has 0 radical (unpaired) electrons. The molecule has 0 amide bonds. The molecule has 22 heavy (non-hydrogen) atoms. The summed E-state index contributed by atoms with van der Waals surface area (Å²) in [5.74, 6) is -2.26. The standard InChI is InChI=1S/C19H18O3/c1-2-16(19(21)22)17(14-9-5-3-6-10-14)13-18(20)15-11-7-4-8-12-15/h2-12,16-17H,1,13H2,(H,21,22). The van der Waals surface area contributed by atoms with Gasteiger partial charge in [0.15, 0.2) is 5.78 Å². The summed E-state index contributed by atoms with van der Waals surface area (Å²) in [7, 11) is 0. The molecule has 2 aromatic rings. The second-order valence-corrected chi connectivity index (χ2v) is 5.11. The Kier molecular flexibility index (Phi) is 5.26. The fourth-order valence-corrected chi connectivity index (χ4v) is 2.53. The van der Waals surface area contributed by atoms with Crippen LogP contribution in [0.2, 0.25) is 0 Å². The SMILES string of the molecule is C=CC(C(=O)O)C(CC(=O)c1ccccc1)c1ccccc1. The number of ketones is 1. The zero-order chi connectivity index (χ0) is 15.9. The number of benzene rings is 2. The van der Waals surface area contributed by atoms with E-state index >= 15 is 0 Å². The van der Waals surface area contributed by atoms with Gasteiger partial charge in [0, 0.05) is 17.9 Å². The van der Waals surface area contributed by atoms with Crippen molar-refractivity contribution in [2.45, 2.75) is 12.3 Å². The first-order valence-electron chi connectivity index (χ1n) is 7.12. The first-order chi connectivity index (χ1) is 10.6. The highest BCUT2D eigenvalue weighted by Gasteiger charge is 2.29. The maximum atomic E-state index is 12.4. The zero-order valence-corrected chi connectivity index (χ0v) is 12.2. The van der Waals surface area contributed by atoms with E-state index in [1.54, 1.807) is 24.3 Å². The maximum absolute atomic E-state index is 12.4. The van der Waals surface area contributed by atoms with Crippen LogP contribution in [0.3, 0.4) is 0 Å². The molecule has 3 heteroatoms. The number of aliphatic carboxylic acids is 1. The smallest absolute Gasteiger partial charge is 0.310 e. The largest absolute Gasteiger partial charge is 0.481 e. The molecule has 2 unspecified atom stereocenters. The summed E-state index contributed by atoms with van der Waals surface area (Å²) in [5.41, 5.74) is 1.43. The van der Waals surface area contributed by atoms with E-state index in [0.29, 0.717) is 5.56 Å². The molecule has 0 bridgehead atoms. The molecule has 0 aliphatic rings. The minimum atomic E-state index is -0.968. The van der Waals surface area contributed by atoms with Crippen LogP contribution in [0.15, 0.2) is 73.3 Å². The molecule has 2 rings (SSSR count). The van der Waals surface area contributed by atoms with Gasteiger partial charge >= 0.3 is 5.97 Å². The Hall–Kier alpha value is -2.68. The average molecular weight is 294 g/mol. The van der Waals surface area contributed by atoms with Crippen molar-refractivity contribution in [1.29, 1.82) is 0 Å². The quantitative estimate of drug-likeness (QED) is 0.622. The minimum Gasteiger partial charge on any atom is -0.481 e. The molecule has 2 aromatic carbocycles. The summed E-state index contributed by atoms with van der Waals surface area (Å²) in [5, 5.41) is 9.41. The van der Waals surface area contributed by atoms with Gasteiger partial charge in [-0.2, -0.15) is 0 Å². The number of rotatable bonds is 7.